The summed E-state index contributed by atoms with van der Waals surface area (Å²) in [6, 6.07) is 13.0. The van der Waals surface area contributed by atoms with E-state index in [-0.39, 0.29) is 23.9 Å². The van der Waals surface area contributed by atoms with Crippen LogP contribution in [0.25, 0.3) is 0 Å². The zero-order valence-corrected chi connectivity index (χ0v) is 21.1. The fourth-order valence-electron chi connectivity index (χ4n) is 6.16. The van der Waals surface area contributed by atoms with E-state index in [1.165, 1.54) is 41.7 Å². The minimum absolute atomic E-state index is 0.0866. The maximum atomic E-state index is 13.4. The number of benzene rings is 1. The molecule has 1 saturated heterocycles. The lowest BCUT2D eigenvalue weighted by atomic mass is 9.93. The van der Waals surface area contributed by atoms with E-state index in [0.29, 0.717) is 32.6 Å². The van der Waals surface area contributed by atoms with Crippen LogP contribution in [0, 0.1) is 5.92 Å². The summed E-state index contributed by atoms with van der Waals surface area (Å²) in [5.74, 6) is 1.20. The van der Waals surface area contributed by atoms with E-state index in [1.54, 1.807) is 0 Å². The van der Waals surface area contributed by atoms with Crippen molar-refractivity contribution in [2.24, 2.45) is 5.92 Å². The van der Waals surface area contributed by atoms with Gasteiger partial charge in [0.1, 0.15) is 0 Å². The van der Waals surface area contributed by atoms with Gasteiger partial charge in [0.15, 0.2) is 0 Å². The summed E-state index contributed by atoms with van der Waals surface area (Å²) in [6.45, 7) is 5.37. The van der Waals surface area contributed by atoms with Gasteiger partial charge in [0.2, 0.25) is 11.8 Å². The Balaban J connectivity index is 1.19. The molecule has 0 N–H and O–H groups in total. The number of amides is 2. The van der Waals surface area contributed by atoms with Crippen molar-refractivity contribution < 1.29 is 9.59 Å². The molecule has 2 aliphatic heterocycles. The Morgan fingerprint density at radius 2 is 1.79 bits per heavy atom. The van der Waals surface area contributed by atoms with Crippen molar-refractivity contribution in [3.63, 3.8) is 0 Å². The number of thiophene rings is 1. The molecule has 5 rings (SSSR count). The smallest absolute Gasteiger partial charge is 0.236 e. The zero-order chi connectivity index (χ0) is 23.5. The van der Waals surface area contributed by atoms with Crippen molar-refractivity contribution in [3.8, 4) is 0 Å². The number of piperazine rings is 1. The summed E-state index contributed by atoms with van der Waals surface area (Å²) < 4.78 is 0. The summed E-state index contributed by atoms with van der Waals surface area (Å²) in [5, 5.41) is 2.18. The highest BCUT2D eigenvalue weighted by molar-refractivity contribution is 7.10. The van der Waals surface area contributed by atoms with Gasteiger partial charge in [0.25, 0.3) is 0 Å². The lowest BCUT2D eigenvalue weighted by Gasteiger charge is -2.42. The van der Waals surface area contributed by atoms with Gasteiger partial charge in [-0.15, -0.1) is 11.3 Å². The molecule has 1 aliphatic carbocycles. The van der Waals surface area contributed by atoms with Gasteiger partial charge in [-0.2, -0.15) is 0 Å². The second kappa shape index (κ2) is 10.6. The molecule has 0 unspecified atom stereocenters. The fraction of sp³-hybridized carbons (Fsp3) is 0.571. The Morgan fingerprint density at radius 1 is 1.00 bits per heavy atom. The molecule has 1 saturated carbocycles. The van der Waals surface area contributed by atoms with Crippen molar-refractivity contribution in [1.29, 1.82) is 0 Å². The molecule has 3 aliphatic rings. The van der Waals surface area contributed by atoms with Crippen LogP contribution >= 0.6 is 11.3 Å². The molecule has 6 heteroatoms. The van der Waals surface area contributed by atoms with Gasteiger partial charge < -0.3 is 9.80 Å². The first-order valence-corrected chi connectivity index (χ1v) is 13.9. The van der Waals surface area contributed by atoms with Crippen LogP contribution in [0.4, 0.5) is 0 Å². The fourth-order valence-corrected chi connectivity index (χ4v) is 7.07. The summed E-state index contributed by atoms with van der Waals surface area (Å²) in [4.78, 5) is 34.0. The predicted molar refractivity (Wildman–Crippen MR) is 137 cm³/mol. The minimum atomic E-state index is 0.0866. The number of fused-ring (bicyclic) bond motifs is 1. The van der Waals surface area contributed by atoms with Crippen molar-refractivity contribution in [2.75, 3.05) is 32.7 Å². The normalized spacial score (nSPS) is 23.8. The molecule has 34 heavy (non-hydrogen) atoms. The third-order valence-electron chi connectivity index (χ3n) is 8.06. The van der Waals surface area contributed by atoms with Gasteiger partial charge >= 0.3 is 0 Å². The van der Waals surface area contributed by atoms with E-state index < -0.39 is 0 Å². The van der Waals surface area contributed by atoms with E-state index in [9.17, 15) is 9.59 Å². The Labute approximate surface area is 207 Å². The van der Waals surface area contributed by atoms with E-state index in [0.717, 1.165) is 25.3 Å². The van der Waals surface area contributed by atoms with Crippen LogP contribution in [-0.2, 0) is 16.0 Å². The van der Waals surface area contributed by atoms with Gasteiger partial charge in [-0.25, -0.2) is 0 Å². The molecule has 2 fully saturated rings. The van der Waals surface area contributed by atoms with Crippen molar-refractivity contribution in [2.45, 2.75) is 64.0 Å². The lowest BCUT2D eigenvalue weighted by Crippen LogP contribution is -2.57. The maximum absolute atomic E-state index is 13.4. The summed E-state index contributed by atoms with van der Waals surface area (Å²) in [5.41, 5.74) is 2.60. The highest BCUT2D eigenvalue weighted by atomic mass is 32.1. The van der Waals surface area contributed by atoms with Crippen LogP contribution in [0.1, 0.15) is 67.5 Å². The number of rotatable bonds is 6. The molecular weight excluding hydrogens is 442 g/mol. The molecular formula is C28H37N3O2S. The highest BCUT2D eigenvalue weighted by Gasteiger charge is 2.34. The third kappa shape index (κ3) is 5.08. The quantitative estimate of drug-likeness (QED) is 0.602. The molecule has 3 heterocycles. The minimum Gasteiger partial charge on any atom is -0.338 e. The Morgan fingerprint density at radius 3 is 2.56 bits per heavy atom. The molecule has 1 aromatic heterocycles. The Kier molecular flexibility index (Phi) is 7.35. The maximum Gasteiger partial charge on any atom is 0.236 e. The van der Waals surface area contributed by atoms with Crippen LogP contribution in [-0.4, -0.2) is 65.3 Å². The average molecular weight is 480 g/mol. The number of nitrogens with zero attached hydrogens (tertiary/aromatic N) is 3. The molecule has 2 amide bonds. The van der Waals surface area contributed by atoms with Gasteiger partial charge in [-0.05, 0) is 48.3 Å². The Hall–Kier alpha value is -2.18. The van der Waals surface area contributed by atoms with Crippen LogP contribution in [0.2, 0.25) is 0 Å². The zero-order valence-electron chi connectivity index (χ0n) is 20.3. The van der Waals surface area contributed by atoms with E-state index in [2.05, 4.69) is 47.5 Å². The van der Waals surface area contributed by atoms with Crippen molar-refractivity contribution in [3.05, 3.63) is 57.8 Å². The molecule has 0 radical (unpaired) electrons. The first-order valence-electron chi connectivity index (χ1n) is 13.0. The molecule has 0 spiro atoms. The molecule has 2 atom stereocenters. The van der Waals surface area contributed by atoms with E-state index >= 15 is 0 Å². The molecule has 5 nitrogen and oxygen atoms in total. The third-order valence-corrected chi connectivity index (χ3v) is 9.06. The molecule has 2 aromatic rings. The second-order valence-corrected chi connectivity index (χ2v) is 11.3. The summed E-state index contributed by atoms with van der Waals surface area (Å²) in [6.07, 6.45) is 7.93. The number of hydrogen-bond donors (Lipinski definition) is 0. The standard InChI is InChI=1S/C28H37N3O2S/c1-21-19-29(16-17-31(21)26(32)12-11-22-7-5-6-8-22)27(33)20-30-15-13-25-24(14-18-34-25)28(30)23-9-3-2-4-10-23/h2-4,9-10,14,18,21-22,28H,5-8,11-13,15-17,19-20H2,1H3/t21-,28+/m1/s1. The first-order chi connectivity index (χ1) is 16.6. The van der Waals surface area contributed by atoms with Gasteiger partial charge in [-0.3, -0.25) is 14.5 Å². The molecule has 0 bridgehead atoms. The van der Waals surface area contributed by atoms with Crippen molar-refractivity contribution in [1.82, 2.24) is 14.7 Å². The average Bonchev–Trinajstić information content (AvgIpc) is 3.55. The van der Waals surface area contributed by atoms with Crippen LogP contribution in [0.15, 0.2) is 41.8 Å². The van der Waals surface area contributed by atoms with Gasteiger partial charge in [0, 0.05) is 43.5 Å². The largest absolute Gasteiger partial charge is 0.338 e. The summed E-state index contributed by atoms with van der Waals surface area (Å²) in [7, 11) is 0. The SMILES string of the molecule is C[C@@H]1CN(C(=O)CN2CCc3sccc3[C@@H]2c2ccccc2)CCN1C(=O)CCC1CCCC1. The van der Waals surface area contributed by atoms with Crippen LogP contribution in [0.5, 0.6) is 0 Å². The van der Waals surface area contributed by atoms with E-state index in [4.69, 9.17) is 0 Å². The van der Waals surface area contributed by atoms with E-state index in [1.807, 2.05) is 27.2 Å². The van der Waals surface area contributed by atoms with Crippen LogP contribution < -0.4 is 0 Å². The molecule has 1 aromatic carbocycles. The highest BCUT2D eigenvalue weighted by Crippen LogP contribution is 2.37. The molecule has 182 valence electrons. The number of carbonyl (C=O) groups is 2. The second-order valence-electron chi connectivity index (χ2n) is 10.3. The van der Waals surface area contributed by atoms with Crippen LogP contribution in [0.3, 0.4) is 0 Å². The number of carbonyl (C=O) groups excluding carboxylic acids is 2. The monoisotopic (exact) mass is 479 g/mol. The topological polar surface area (TPSA) is 43.9 Å². The van der Waals surface area contributed by atoms with Gasteiger partial charge in [-0.1, -0.05) is 56.0 Å². The first kappa shape index (κ1) is 23.6. The van der Waals surface area contributed by atoms with Gasteiger partial charge in [0.05, 0.1) is 12.6 Å². The summed E-state index contributed by atoms with van der Waals surface area (Å²) >= 11 is 1.83. The van der Waals surface area contributed by atoms with Crippen molar-refractivity contribution >= 4 is 23.2 Å². The lowest BCUT2D eigenvalue weighted by molar-refractivity contribution is -0.143. The predicted octanol–water partition coefficient (Wildman–Crippen LogP) is 4.73. The number of hydrogen-bond acceptors (Lipinski definition) is 4. The Bertz CT molecular complexity index is 985.